The maximum absolute atomic E-state index is 11.0. The molecule has 1 heterocycles. The Bertz CT molecular complexity index is 378. The molecule has 0 fully saturated rings. The molecule has 4 heteroatoms. The van der Waals surface area contributed by atoms with Crippen molar-refractivity contribution in [2.75, 3.05) is 0 Å². The summed E-state index contributed by atoms with van der Waals surface area (Å²) in [4.78, 5) is 14.7. The van der Waals surface area contributed by atoms with Crippen LogP contribution in [0.4, 0.5) is 0 Å². The molecule has 0 spiro atoms. The second-order valence-electron chi connectivity index (χ2n) is 2.78. The Morgan fingerprint density at radius 3 is 2.67 bits per heavy atom. The van der Waals surface area contributed by atoms with Crippen molar-refractivity contribution in [1.82, 2.24) is 0 Å². The van der Waals surface area contributed by atoms with Crippen LogP contribution >= 0.6 is 0 Å². The van der Waals surface area contributed by atoms with Crippen LogP contribution in [0.15, 0.2) is 34.2 Å². The summed E-state index contributed by atoms with van der Waals surface area (Å²) in [5.41, 5.74) is 0.869. The monoisotopic (exact) mass is 277 g/mol. The third-order valence-electron chi connectivity index (χ3n) is 1.72. The maximum atomic E-state index is 11.0. The van der Waals surface area contributed by atoms with Gasteiger partial charge in [0.1, 0.15) is 0 Å². The van der Waals surface area contributed by atoms with Crippen LogP contribution in [0.25, 0.3) is 0 Å². The summed E-state index contributed by atoms with van der Waals surface area (Å²) in [6.45, 7) is 10.7. The van der Waals surface area contributed by atoms with Gasteiger partial charge >= 0.3 is 32.7 Å². The summed E-state index contributed by atoms with van der Waals surface area (Å²) >= 11 is 0. The molecule has 1 N–H and O–H groups in total. The summed E-state index contributed by atoms with van der Waals surface area (Å²) in [7, 11) is 0. The first-order chi connectivity index (χ1) is 6.56. The van der Waals surface area contributed by atoms with Crippen molar-refractivity contribution in [3.05, 3.63) is 49.1 Å². The van der Waals surface area contributed by atoms with E-state index in [1.807, 2.05) is 0 Å². The number of aliphatic hydroxyl groups excluding tert-OH is 1. The van der Waals surface area contributed by atoms with Crippen molar-refractivity contribution in [3.8, 4) is 0 Å². The van der Waals surface area contributed by atoms with Gasteiger partial charge in [0, 0.05) is 12.0 Å². The number of Topliss-reactive ketones (excluding diaryl/α,β-unsaturated/α-hetero) is 1. The zero-order valence-electron chi connectivity index (χ0n) is 8.29. The van der Waals surface area contributed by atoms with Gasteiger partial charge in [-0.3, -0.25) is 0 Å². The van der Waals surface area contributed by atoms with Gasteiger partial charge in [0.05, 0.1) is 5.78 Å². The fourth-order valence-corrected chi connectivity index (χ4v) is 0.889. The van der Waals surface area contributed by atoms with Crippen molar-refractivity contribution in [3.63, 3.8) is 0 Å². The normalized spacial score (nSPS) is 15.5. The molecule has 0 aromatic rings. The SMILES string of the molecule is C=C([C-]=C(O)C1=C([CH2-])C(=O)C=N1)C[CH2-].[Y+3]. The third-order valence-corrected chi connectivity index (χ3v) is 1.72. The average molecular weight is 277 g/mol. The largest absolute Gasteiger partial charge is 3.00 e. The predicted molar refractivity (Wildman–Crippen MR) is 54.4 cm³/mol. The minimum absolute atomic E-state index is 0. The zero-order valence-corrected chi connectivity index (χ0v) is 11.1. The quantitative estimate of drug-likeness (QED) is 0.485. The second-order valence-corrected chi connectivity index (χ2v) is 2.78. The van der Waals surface area contributed by atoms with Crippen molar-refractivity contribution in [1.29, 1.82) is 0 Å². The predicted octanol–water partition coefficient (Wildman–Crippen LogP) is 1.75. The van der Waals surface area contributed by atoms with Gasteiger partial charge in [-0.15, -0.1) is 11.6 Å². The van der Waals surface area contributed by atoms with Crippen LogP contribution in [0, 0.1) is 19.9 Å². The second kappa shape index (κ2) is 6.03. The Morgan fingerprint density at radius 2 is 2.27 bits per heavy atom. The van der Waals surface area contributed by atoms with Crippen LogP contribution in [0.3, 0.4) is 0 Å². The van der Waals surface area contributed by atoms with Crippen molar-refractivity contribution in [2.45, 2.75) is 6.42 Å². The fraction of sp³-hybridized carbons (Fsp3) is 0.0909. The number of hydrogen-bond donors (Lipinski definition) is 1. The third kappa shape index (κ3) is 3.43. The van der Waals surface area contributed by atoms with E-state index in [0.717, 1.165) is 6.21 Å². The molecule has 0 aromatic heterocycles. The number of carbonyl (C=O) groups is 1. The molecule has 1 aliphatic rings. The van der Waals surface area contributed by atoms with Crippen LogP contribution in [-0.2, 0) is 37.5 Å². The van der Waals surface area contributed by atoms with E-state index in [1.54, 1.807) is 0 Å². The number of rotatable bonds is 3. The van der Waals surface area contributed by atoms with Crippen LogP contribution in [0.2, 0.25) is 0 Å². The Morgan fingerprint density at radius 1 is 1.67 bits per heavy atom. The average Bonchev–Trinajstić information content (AvgIpc) is 2.47. The van der Waals surface area contributed by atoms with Gasteiger partial charge in [0.2, 0.25) is 0 Å². The molecule has 1 rings (SSSR count). The molecular weight excluding hydrogens is 267 g/mol. The molecule has 0 unspecified atom stereocenters. The van der Waals surface area contributed by atoms with Gasteiger partial charge in [0.15, 0.2) is 0 Å². The van der Waals surface area contributed by atoms with E-state index in [1.165, 1.54) is 0 Å². The van der Waals surface area contributed by atoms with Crippen molar-refractivity contribution in [2.24, 2.45) is 4.99 Å². The smallest absolute Gasteiger partial charge is 0.532 e. The van der Waals surface area contributed by atoms with Crippen LogP contribution in [-0.4, -0.2) is 17.1 Å². The molecule has 0 saturated heterocycles. The van der Waals surface area contributed by atoms with Crippen molar-refractivity contribution >= 4 is 12.0 Å². The Balaban J connectivity index is 0.00000196. The minimum atomic E-state index is -0.298. The number of hydrogen-bond acceptors (Lipinski definition) is 3. The molecule has 0 amide bonds. The molecule has 0 aromatic carbocycles. The molecule has 0 saturated carbocycles. The van der Waals surface area contributed by atoms with Gasteiger partial charge in [-0.2, -0.15) is 25.5 Å². The van der Waals surface area contributed by atoms with E-state index in [-0.39, 0.29) is 55.5 Å². The number of aliphatic hydroxyl groups is 1. The first-order valence-electron chi connectivity index (χ1n) is 4.01. The first kappa shape index (κ1) is 14.3. The molecule has 0 aliphatic carbocycles. The number of ketones is 1. The Labute approximate surface area is 115 Å². The number of carbonyl (C=O) groups excluding carboxylic acids is 1. The number of nitrogens with zero attached hydrogens (tertiary/aromatic N) is 1. The summed E-state index contributed by atoms with van der Waals surface area (Å²) in [5, 5.41) is 9.49. The van der Waals surface area contributed by atoms with E-state index < -0.39 is 0 Å². The van der Waals surface area contributed by atoms with E-state index in [0.29, 0.717) is 12.0 Å². The van der Waals surface area contributed by atoms with Crippen LogP contribution in [0.5, 0.6) is 0 Å². The maximum Gasteiger partial charge on any atom is 3.00 e. The Hall–Kier alpha value is -0.666. The van der Waals surface area contributed by atoms with Crippen LogP contribution < -0.4 is 0 Å². The standard InChI is InChI=1S/C11H10NO2.Y/c1-4-7(2)5-9(13)11-8(3)10(14)6-12-11;/h6,13H,1-4H2;/q-3;+3. The summed E-state index contributed by atoms with van der Waals surface area (Å²) in [6.07, 6.45) is 4.12. The fourth-order valence-electron chi connectivity index (χ4n) is 0.889. The molecule has 0 bridgehead atoms. The Kier molecular flexibility index (Phi) is 5.77. The van der Waals surface area contributed by atoms with Gasteiger partial charge < -0.3 is 21.8 Å². The topological polar surface area (TPSA) is 49.7 Å². The summed E-state index contributed by atoms with van der Waals surface area (Å²) in [5.74, 6) is -0.515. The molecule has 3 nitrogen and oxygen atoms in total. The van der Waals surface area contributed by atoms with Crippen molar-refractivity contribution < 1.29 is 42.6 Å². The first-order valence-corrected chi connectivity index (χ1v) is 4.01. The minimum Gasteiger partial charge on any atom is -0.532 e. The zero-order chi connectivity index (χ0) is 10.7. The van der Waals surface area contributed by atoms with Gasteiger partial charge in [-0.1, -0.05) is 0 Å². The number of allylic oxidation sites excluding steroid dienone is 3. The molecule has 74 valence electrons. The molecular formula is C11H10NO2Y. The van der Waals surface area contributed by atoms with E-state index in [9.17, 15) is 9.90 Å². The molecule has 15 heavy (non-hydrogen) atoms. The summed E-state index contributed by atoms with van der Waals surface area (Å²) in [6, 6.07) is 0. The van der Waals surface area contributed by atoms with Gasteiger partial charge in [0.25, 0.3) is 0 Å². The molecule has 1 aliphatic heterocycles. The van der Waals surface area contributed by atoms with E-state index >= 15 is 0 Å². The van der Waals surface area contributed by atoms with Crippen LogP contribution in [0.1, 0.15) is 6.42 Å². The van der Waals surface area contributed by atoms with Gasteiger partial charge in [-0.25, -0.2) is 0 Å². The van der Waals surface area contributed by atoms with E-state index in [4.69, 9.17) is 0 Å². The van der Waals surface area contributed by atoms with Gasteiger partial charge in [-0.05, 0) is 5.70 Å². The number of aliphatic imine (C=N–C) groups is 1. The molecule has 0 atom stereocenters. The van der Waals surface area contributed by atoms with E-state index in [2.05, 4.69) is 31.5 Å². The summed E-state index contributed by atoms with van der Waals surface area (Å²) < 4.78 is 0. The molecule has 0 radical (unpaired) electrons.